The normalized spacial score (nSPS) is 17.9. The van der Waals surface area contributed by atoms with Gasteiger partial charge < -0.3 is 10.2 Å². The summed E-state index contributed by atoms with van der Waals surface area (Å²) in [6.07, 6.45) is 4.46. The van der Waals surface area contributed by atoms with Gasteiger partial charge in [-0.05, 0) is 72.9 Å². The Morgan fingerprint density at radius 1 is 1.44 bits per heavy atom. The average molecular weight is 312 g/mol. The van der Waals surface area contributed by atoms with Crippen LogP contribution in [0.3, 0.4) is 0 Å². The number of nitrogens with zero attached hydrogens (tertiary/aromatic N) is 2. The lowest BCUT2D eigenvalue weighted by Gasteiger charge is -2.31. The average Bonchev–Trinajstić information content (AvgIpc) is 2.38. The molecule has 1 aromatic rings. The molecule has 3 nitrogen and oxygen atoms in total. The minimum absolute atomic E-state index is 0.789. The Kier molecular flexibility index (Phi) is 5.01. The maximum atomic E-state index is 4.42. The third kappa shape index (κ3) is 3.69. The van der Waals surface area contributed by atoms with E-state index in [4.69, 9.17) is 0 Å². The highest BCUT2D eigenvalue weighted by Gasteiger charge is 2.17. The van der Waals surface area contributed by atoms with E-state index in [1.807, 2.05) is 6.20 Å². The predicted molar refractivity (Wildman–Crippen MR) is 80.0 cm³/mol. The van der Waals surface area contributed by atoms with Gasteiger partial charge in [-0.3, -0.25) is 0 Å². The second-order valence-corrected chi connectivity index (χ2v) is 5.99. The van der Waals surface area contributed by atoms with Gasteiger partial charge >= 0.3 is 0 Å². The molecule has 100 valence electrons. The molecule has 1 N–H and O–H groups in total. The number of piperidine rings is 1. The predicted octanol–water partition coefficient (Wildman–Crippen LogP) is 3.30. The molecule has 0 unspecified atom stereocenters. The van der Waals surface area contributed by atoms with E-state index in [-0.39, 0.29) is 0 Å². The van der Waals surface area contributed by atoms with E-state index in [9.17, 15) is 0 Å². The number of rotatable bonds is 4. The molecule has 4 heteroatoms. The van der Waals surface area contributed by atoms with Gasteiger partial charge in [-0.1, -0.05) is 6.92 Å². The van der Waals surface area contributed by atoms with Gasteiger partial charge in [0.05, 0.1) is 0 Å². The van der Waals surface area contributed by atoms with Gasteiger partial charge in [-0.2, -0.15) is 0 Å². The summed E-state index contributed by atoms with van der Waals surface area (Å²) in [6.45, 7) is 9.07. The standard InChI is InChI=1S/C14H22BrN3/c1-3-18-6-4-12(5-7-18)9-16-14-11(2)8-13(15)10-17-14/h8,10,12H,3-7,9H2,1-2H3,(H,16,17). The van der Waals surface area contributed by atoms with Crippen molar-refractivity contribution >= 4 is 21.7 Å². The number of aromatic nitrogens is 1. The van der Waals surface area contributed by atoms with Gasteiger partial charge in [0, 0.05) is 17.2 Å². The van der Waals surface area contributed by atoms with Crippen LogP contribution in [0.2, 0.25) is 0 Å². The Bertz CT molecular complexity index is 387. The highest BCUT2D eigenvalue weighted by molar-refractivity contribution is 9.10. The minimum Gasteiger partial charge on any atom is -0.370 e. The number of aryl methyl sites for hydroxylation is 1. The molecular formula is C14H22BrN3. The van der Waals surface area contributed by atoms with E-state index < -0.39 is 0 Å². The molecular weight excluding hydrogens is 290 g/mol. The fourth-order valence-corrected chi connectivity index (χ4v) is 2.92. The van der Waals surface area contributed by atoms with Crippen LogP contribution in [0.4, 0.5) is 5.82 Å². The maximum absolute atomic E-state index is 4.42. The summed E-state index contributed by atoms with van der Waals surface area (Å²) in [5.41, 5.74) is 1.20. The second kappa shape index (κ2) is 6.53. The molecule has 18 heavy (non-hydrogen) atoms. The lowest BCUT2D eigenvalue weighted by Crippen LogP contribution is -2.35. The summed E-state index contributed by atoms with van der Waals surface area (Å²) in [4.78, 5) is 6.95. The molecule has 0 aromatic carbocycles. The zero-order valence-electron chi connectivity index (χ0n) is 11.2. The van der Waals surface area contributed by atoms with Crippen molar-refractivity contribution in [3.05, 3.63) is 22.3 Å². The molecule has 1 aliphatic rings. The summed E-state index contributed by atoms with van der Waals surface area (Å²) in [5, 5.41) is 3.49. The van der Waals surface area contributed by atoms with E-state index in [1.54, 1.807) is 0 Å². The molecule has 0 radical (unpaired) electrons. The van der Waals surface area contributed by atoms with Gasteiger partial charge in [0.25, 0.3) is 0 Å². The minimum atomic E-state index is 0.789. The Morgan fingerprint density at radius 2 is 2.17 bits per heavy atom. The smallest absolute Gasteiger partial charge is 0.128 e. The molecule has 1 aromatic heterocycles. The number of hydrogen-bond donors (Lipinski definition) is 1. The van der Waals surface area contributed by atoms with Gasteiger partial charge in [0.2, 0.25) is 0 Å². The second-order valence-electron chi connectivity index (χ2n) is 5.08. The molecule has 2 rings (SSSR count). The lowest BCUT2D eigenvalue weighted by molar-refractivity contribution is 0.198. The van der Waals surface area contributed by atoms with Gasteiger partial charge in [0.1, 0.15) is 5.82 Å². The summed E-state index contributed by atoms with van der Waals surface area (Å²) < 4.78 is 1.04. The summed E-state index contributed by atoms with van der Waals surface area (Å²) in [6, 6.07) is 2.11. The number of halogens is 1. The topological polar surface area (TPSA) is 28.2 Å². The van der Waals surface area contributed by atoms with Crippen LogP contribution in [0.1, 0.15) is 25.3 Å². The number of nitrogens with one attached hydrogen (secondary N) is 1. The monoisotopic (exact) mass is 311 g/mol. The third-order valence-corrected chi connectivity index (χ3v) is 4.19. The van der Waals surface area contributed by atoms with E-state index >= 15 is 0 Å². The van der Waals surface area contributed by atoms with Crippen LogP contribution in [0.5, 0.6) is 0 Å². The SMILES string of the molecule is CCN1CCC(CNc2ncc(Br)cc2C)CC1. The highest BCUT2D eigenvalue weighted by atomic mass is 79.9. The first-order valence-corrected chi connectivity index (χ1v) is 7.56. The number of pyridine rings is 1. The van der Waals surface area contributed by atoms with Gasteiger partial charge in [-0.15, -0.1) is 0 Å². The van der Waals surface area contributed by atoms with E-state index in [1.165, 1.54) is 38.0 Å². The van der Waals surface area contributed by atoms with Crippen molar-refractivity contribution in [3.8, 4) is 0 Å². The fraction of sp³-hybridized carbons (Fsp3) is 0.643. The molecule has 2 heterocycles. The largest absolute Gasteiger partial charge is 0.370 e. The first-order chi connectivity index (χ1) is 8.69. The Hall–Kier alpha value is -0.610. The summed E-state index contributed by atoms with van der Waals surface area (Å²) >= 11 is 3.44. The Morgan fingerprint density at radius 3 is 2.78 bits per heavy atom. The van der Waals surface area contributed by atoms with Crippen LogP contribution < -0.4 is 5.32 Å². The number of anilines is 1. The van der Waals surface area contributed by atoms with Crippen molar-refractivity contribution in [1.29, 1.82) is 0 Å². The number of likely N-dealkylation sites (tertiary alicyclic amines) is 1. The van der Waals surface area contributed by atoms with Crippen LogP contribution in [-0.2, 0) is 0 Å². The quantitative estimate of drug-likeness (QED) is 0.924. The van der Waals surface area contributed by atoms with Crippen LogP contribution in [-0.4, -0.2) is 36.1 Å². The Balaban J connectivity index is 1.81. The van der Waals surface area contributed by atoms with Crippen molar-refractivity contribution in [2.45, 2.75) is 26.7 Å². The van der Waals surface area contributed by atoms with Crippen LogP contribution in [0, 0.1) is 12.8 Å². The fourth-order valence-electron chi connectivity index (χ4n) is 2.47. The van der Waals surface area contributed by atoms with Crippen LogP contribution in [0.25, 0.3) is 0 Å². The molecule has 1 fully saturated rings. The van der Waals surface area contributed by atoms with E-state index in [2.05, 4.69) is 51.0 Å². The van der Waals surface area contributed by atoms with Gasteiger partial charge in [0.15, 0.2) is 0 Å². The highest BCUT2D eigenvalue weighted by Crippen LogP contribution is 2.20. The van der Waals surface area contributed by atoms with Crippen molar-refractivity contribution in [3.63, 3.8) is 0 Å². The van der Waals surface area contributed by atoms with Gasteiger partial charge in [-0.25, -0.2) is 4.98 Å². The number of hydrogen-bond acceptors (Lipinski definition) is 3. The van der Waals surface area contributed by atoms with Crippen LogP contribution in [0.15, 0.2) is 16.7 Å². The maximum Gasteiger partial charge on any atom is 0.128 e. The zero-order valence-corrected chi connectivity index (χ0v) is 12.8. The molecule has 1 saturated heterocycles. The first-order valence-electron chi connectivity index (χ1n) is 6.77. The summed E-state index contributed by atoms with van der Waals surface area (Å²) in [7, 11) is 0. The van der Waals surface area contributed by atoms with Crippen molar-refractivity contribution in [1.82, 2.24) is 9.88 Å². The van der Waals surface area contributed by atoms with Crippen molar-refractivity contribution in [2.75, 3.05) is 31.5 Å². The molecule has 0 aliphatic carbocycles. The molecule has 1 aliphatic heterocycles. The van der Waals surface area contributed by atoms with E-state index in [0.717, 1.165) is 22.8 Å². The molecule has 0 saturated carbocycles. The zero-order chi connectivity index (χ0) is 13.0. The van der Waals surface area contributed by atoms with Crippen LogP contribution >= 0.6 is 15.9 Å². The van der Waals surface area contributed by atoms with Crippen molar-refractivity contribution in [2.24, 2.45) is 5.92 Å². The Labute approximate surface area is 118 Å². The molecule has 0 amide bonds. The lowest BCUT2D eigenvalue weighted by atomic mass is 9.97. The summed E-state index contributed by atoms with van der Waals surface area (Å²) in [5.74, 6) is 1.81. The third-order valence-electron chi connectivity index (χ3n) is 3.76. The molecule has 0 spiro atoms. The molecule has 0 atom stereocenters. The van der Waals surface area contributed by atoms with Crippen molar-refractivity contribution < 1.29 is 0 Å². The first kappa shape index (κ1) is 13.8. The molecule has 0 bridgehead atoms. The van der Waals surface area contributed by atoms with E-state index in [0.29, 0.717) is 0 Å².